The van der Waals surface area contributed by atoms with Gasteiger partial charge in [-0.2, -0.15) is 0 Å². The second-order valence-electron chi connectivity index (χ2n) is 3.50. The molecular formula is C10H12BrFN2O. The highest BCUT2D eigenvalue weighted by molar-refractivity contribution is 9.10. The molecule has 0 radical (unpaired) electrons. The van der Waals surface area contributed by atoms with Gasteiger partial charge in [0.05, 0.1) is 4.47 Å². The molecule has 1 aromatic carbocycles. The molecule has 0 aliphatic carbocycles. The van der Waals surface area contributed by atoms with Crippen LogP contribution >= 0.6 is 15.9 Å². The van der Waals surface area contributed by atoms with E-state index in [2.05, 4.69) is 21.2 Å². The van der Waals surface area contributed by atoms with Gasteiger partial charge in [0.15, 0.2) is 0 Å². The SMILES string of the molecule is Oc1cc(N2CCNCC2)cc(F)c1Br. The maximum atomic E-state index is 13.3. The molecule has 1 fully saturated rings. The van der Waals surface area contributed by atoms with Crippen molar-refractivity contribution in [2.75, 3.05) is 31.1 Å². The van der Waals surface area contributed by atoms with E-state index in [4.69, 9.17) is 0 Å². The van der Waals surface area contributed by atoms with Gasteiger partial charge in [-0.3, -0.25) is 0 Å². The summed E-state index contributed by atoms with van der Waals surface area (Å²) in [6.45, 7) is 3.44. The number of hydrogen-bond acceptors (Lipinski definition) is 3. The molecule has 2 rings (SSSR count). The molecule has 1 aliphatic heterocycles. The molecule has 0 aromatic heterocycles. The number of phenolic OH excluding ortho intramolecular Hbond substituents is 1. The van der Waals surface area contributed by atoms with Gasteiger partial charge in [-0.15, -0.1) is 0 Å². The number of nitrogens with one attached hydrogen (secondary N) is 1. The van der Waals surface area contributed by atoms with Crippen molar-refractivity contribution in [2.45, 2.75) is 0 Å². The Hall–Kier alpha value is -0.810. The smallest absolute Gasteiger partial charge is 0.143 e. The summed E-state index contributed by atoms with van der Waals surface area (Å²) in [4.78, 5) is 2.05. The summed E-state index contributed by atoms with van der Waals surface area (Å²) in [7, 11) is 0. The lowest BCUT2D eigenvalue weighted by molar-refractivity contribution is 0.463. The van der Waals surface area contributed by atoms with E-state index in [9.17, 15) is 9.50 Å². The van der Waals surface area contributed by atoms with Crippen LogP contribution in [0.25, 0.3) is 0 Å². The van der Waals surface area contributed by atoms with Gasteiger partial charge in [0.2, 0.25) is 0 Å². The van der Waals surface area contributed by atoms with Gasteiger partial charge in [0, 0.05) is 37.9 Å². The van der Waals surface area contributed by atoms with Crippen LogP contribution in [0.2, 0.25) is 0 Å². The van der Waals surface area contributed by atoms with Crippen molar-refractivity contribution < 1.29 is 9.50 Å². The van der Waals surface area contributed by atoms with Gasteiger partial charge in [-0.25, -0.2) is 4.39 Å². The molecule has 0 bridgehead atoms. The van der Waals surface area contributed by atoms with E-state index in [0.717, 1.165) is 31.9 Å². The predicted molar refractivity (Wildman–Crippen MR) is 60.8 cm³/mol. The molecule has 82 valence electrons. The number of halogens is 2. The molecule has 0 unspecified atom stereocenters. The van der Waals surface area contributed by atoms with Crippen LogP contribution in [-0.4, -0.2) is 31.3 Å². The van der Waals surface area contributed by atoms with Crippen molar-refractivity contribution in [1.29, 1.82) is 0 Å². The summed E-state index contributed by atoms with van der Waals surface area (Å²) in [5.41, 5.74) is 0.731. The summed E-state index contributed by atoms with van der Waals surface area (Å²) >= 11 is 2.98. The number of aromatic hydroxyl groups is 1. The first-order valence-electron chi connectivity index (χ1n) is 4.82. The number of benzene rings is 1. The van der Waals surface area contributed by atoms with Crippen molar-refractivity contribution in [3.8, 4) is 5.75 Å². The lowest BCUT2D eigenvalue weighted by Gasteiger charge is -2.29. The Morgan fingerprint density at radius 2 is 2.00 bits per heavy atom. The van der Waals surface area contributed by atoms with Gasteiger partial charge >= 0.3 is 0 Å². The average Bonchev–Trinajstić information content (AvgIpc) is 2.26. The first-order chi connectivity index (χ1) is 7.18. The van der Waals surface area contributed by atoms with Gasteiger partial charge in [-0.1, -0.05) is 0 Å². The van der Waals surface area contributed by atoms with E-state index >= 15 is 0 Å². The molecule has 1 aliphatic rings. The van der Waals surface area contributed by atoms with Crippen LogP contribution in [0.4, 0.5) is 10.1 Å². The van der Waals surface area contributed by atoms with Crippen LogP contribution in [0, 0.1) is 5.82 Å². The van der Waals surface area contributed by atoms with E-state index in [1.165, 1.54) is 6.07 Å². The zero-order valence-electron chi connectivity index (χ0n) is 8.13. The largest absolute Gasteiger partial charge is 0.507 e. The first-order valence-corrected chi connectivity index (χ1v) is 5.61. The highest BCUT2D eigenvalue weighted by atomic mass is 79.9. The summed E-state index contributed by atoms with van der Waals surface area (Å²) in [6, 6.07) is 3.02. The second kappa shape index (κ2) is 4.37. The summed E-state index contributed by atoms with van der Waals surface area (Å²) in [6.07, 6.45) is 0. The minimum atomic E-state index is -0.427. The number of rotatable bonds is 1. The molecular weight excluding hydrogens is 263 g/mol. The van der Waals surface area contributed by atoms with Crippen molar-refractivity contribution in [2.24, 2.45) is 0 Å². The maximum Gasteiger partial charge on any atom is 0.143 e. The van der Waals surface area contributed by atoms with E-state index in [0.29, 0.717) is 0 Å². The third-order valence-electron chi connectivity index (χ3n) is 2.48. The van der Waals surface area contributed by atoms with Gasteiger partial charge < -0.3 is 15.3 Å². The third-order valence-corrected chi connectivity index (χ3v) is 3.26. The normalized spacial score (nSPS) is 16.8. The molecule has 5 heteroatoms. The van der Waals surface area contributed by atoms with E-state index < -0.39 is 5.82 Å². The zero-order valence-corrected chi connectivity index (χ0v) is 9.72. The first kappa shape index (κ1) is 10.7. The van der Waals surface area contributed by atoms with Gasteiger partial charge in [-0.05, 0) is 22.0 Å². The molecule has 0 atom stereocenters. The minimum Gasteiger partial charge on any atom is -0.507 e. The summed E-state index contributed by atoms with van der Waals surface area (Å²) in [5, 5.41) is 12.7. The number of hydrogen-bond donors (Lipinski definition) is 2. The van der Waals surface area contributed by atoms with Crippen molar-refractivity contribution in [1.82, 2.24) is 5.32 Å². The third kappa shape index (κ3) is 2.23. The Labute approximate surface area is 96.0 Å². The Morgan fingerprint density at radius 3 is 2.60 bits per heavy atom. The van der Waals surface area contributed by atoms with Crippen LogP contribution < -0.4 is 10.2 Å². The van der Waals surface area contributed by atoms with Crippen molar-refractivity contribution in [3.63, 3.8) is 0 Å². The number of piperazine rings is 1. The van der Waals surface area contributed by atoms with Gasteiger partial charge in [0.25, 0.3) is 0 Å². The Bertz CT molecular complexity index is 343. The van der Waals surface area contributed by atoms with E-state index in [-0.39, 0.29) is 10.2 Å². The second-order valence-corrected chi connectivity index (χ2v) is 4.29. The highest BCUT2D eigenvalue weighted by Crippen LogP contribution is 2.31. The molecule has 0 spiro atoms. The number of anilines is 1. The van der Waals surface area contributed by atoms with E-state index in [1.807, 2.05) is 4.90 Å². The lowest BCUT2D eigenvalue weighted by atomic mass is 10.2. The number of nitrogens with zero attached hydrogens (tertiary/aromatic N) is 1. The van der Waals surface area contributed by atoms with Crippen LogP contribution in [0.1, 0.15) is 0 Å². The molecule has 3 nitrogen and oxygen atoms in total. The Morgan fingerprint density at radius 1 is 1.33 bits per heavy atom. The predicted octanol–water partition coefficient (Wildman–Crippen LogP) is 1.70. The molecule has 1 aromatic rings. The topological polar surface area (TPSA) is 35.5 Å². The minimum absolute atomic E-state index is 0.0523. The van der Waals surface area contributed by atoms with Crippen molar-refractivity contribution in [3.05, 3.63) is 22.4 Å². The molecule has 15 heavy (non-hydrogen) atoms. The monoisotopic (exact) mass is 274 g/mol. The highest BCUT2D eigenvalue weighted by Gasteiger charge is 2.14. The van der Waals surface area contributed by atoms with Crippen LogP contribution in [0.3, 0.4) is 0 Å². The number of phenols is 1. The quantitative estimate of drug-likeness (QED) is 0.819. The van der Waals surface area contributed by atoms with Crippen LogP contribution in [-0.2, 0) is 0 Å². The fourth-order valence-corrected chi connectivity index (χ4v) is 1.90. The zero-order chi connectivity index (χ0) is 10.8. The van der Waals surface area contributed by atoms with Gasteiger partial charge in [0.1, 0.15) is 11.6 Å². The molecule has 1 saturated heterocycles. The lowest BCUT2D eigenvalue weighted by Crippen LogP contribution is -2.43. The van der Waals surface area contributed by atoms with E-state index in [1.54, 1.807) is 6.07 Å². The summed E-state index contributed by atoms with van der Waals surface area (Å²) in [5.74, 6) is -0.480. The maximum absolute atomic E-state index is 13.3. The molecule has 0 amide bonds. The van der Waals surface area contributed by atoms with Crippen LogP contribution in [0.15, 0.2) is 16.6 Å². The fraction of sp³-hybridized carbons (Fsp3) is 0.400. The average molecular weight is 275 g/mol. The standard InChI is InChI=1S/C10H12BrFN2O/c11-10-8(12)5-7(6-9(10)15)14-3-1-13-2-4-14/h5-6,13,15H,1-4H2. The Balaban J connectivity index is 2.27. The molecule has 1 heterocycles. The molecule has 0 saturated carbocycles. The molecule has 2 N–H and O–H groups in total. The summed E-state index contributed by atoms with van der Waals surface area (Å²) < 4.78 is 13.5. The van der Waals surface area contributed by atoms with Crippen molar-refractivity contribution >= 4 is 21.6 Å². The fourth-order valence-electron chi connectivity index (χ4n) is 1.67. The Kier molecular flexibility index (Phi) is 3.11. The van der Waals surface area contributed by atoms with Crippen LogP contribution in [0.5, 0.6) is 5.75 Å².